The molecule has 1 rings (SSSR count). The van der Waals surface area contributed by atoms with Crippen LogP contribution in [0.15, 0.2) is 53.7 Å². The van der Waals surface area contributed by atoms with E-state index in [1.165, 1.54) is 0 Å². The summed E-state index contributed by atoms with van der Waals surface area (Å²) in [7, 11) is 0. The Kier molecular flexibility index (Phi) is 7.82. The smallest absolute Gasteiger partial charge is 0.130 e. The monoisotopic (exact) mass is 330 g/mol. The molecule has 0 amide bonds. The molecule has 0 atom stereocenters. The number of piperidine rings is 1. The zero-order valence-corrected chi connectivity index (χ0v) is 15.0. The third-order valence-corrected chi connectivity index (χ3v) is 3.56. The van der Waals surface area contributed by atoms with Crippen LogP contribution in [-0.2, 0) is 0 Å². The Bertz CT molecular complexity index is 558. The molecule has 0 spiro atoms. The minimum atomic E-state index is 0.364. The molecule has 1 saturated heterocycles. The summed E-state index contributed by atoms with van der Waals surface area (Å²) in [6.45, 7) is 15.0. The van der Waals surface area contributed by atoms with Gasteiger partial charge in [0.25, 0.3) is 0 Å². The minimum absolute atomic E-state index is 0.364. The highest BCUT2D eigenvalue weighted by Crippen LogP contribution is 2.13. The Labute approximate surface area is 145 Å². The molecular weight excluding hydrogens is 300 g/mol. The topological polar surface area (TPSA) is 89.5 Å². The van der Waals surface area contributed by atoms with E-state index < -0.39 is 0 Å². The molecule has 0 unspecified atom stereocenters. The Morgan fingerprint density at radius 3 is 2.38 bits per heavy atom. The fourth-order valence-electron chi connectivity index (χ4n) is 2.64. The van der Waals surface area contributed by atoms with Crippen molar-refractivity contribution in [1.29, 1.82) is 5.41 Å². The largest absolute Gasteiger partial charge is 0.402 e. The van der Waals surface area contributed by atoms with Crippen LogP contribution in [-0.4, -0.2) is 35.6 Å². The summed E-state index contributed by atoms with van der Waals surface area (Å²) in [6.07, 6.45) is 7.17. The lowest BCUT2D eigenvalue weighted by Crippen LogP contribution is -2.45. The molecule has 0 aromatic heterocycles. The summed E-state index contributed by atoms with van der Waals surface area (Å²) in [5.41, 5.74) is 7.92. The predicted molar refractivity (Wildman–Crippen MR) is 103 cm³/mol. The van der Waals surface area contributed by atoms with Gasteiger partial charge in [-0.3, -0.25) is 0 Å². The van der Waals surface area contributed by atoms with Gasteiger partial charge >= 0.3 is 0 Å². The summed E-state index contributed by atoms with van der Waals surface area (Å²) in [5, 5.41) is 14.1. The number of nitrogens with one attached hydrogen (secondary N) is 3. The molecule has 132 valence electrons. The van der Waals surface area contributed by atoms with Crippen molar-refractivity contribution < 1.29 is 0 Å². The van der Waals surface area contributed by atoms with Crippen LogP contribution >= 0.6 is 0 Å². The molecule has 24 heavy (non-hydrogen) atoms. The lowest BCUT2D eigenvalue weighted by Gasteiger charge is -2.34. The first-order valence-corrected chi connectivity index (χ1v) is 8.15. The number of aliphatic imine (C=N–C) groups is 1. The summed E-state index contributed by atoms with van der Waals surface area (Å²) in [4.78, 5) is 6.53. The van der Waals surface area contributed by atoms with Gasteiger partial charge in [-0.05, 0) is 45.8 Å². The second kappa shape index (κ2) is 9.60. The van der Waals surface area contributed by atoms with E-state index in [0.29, 0.717) is 11.8 Å². The number of amidine groups is 1. The highest BCUT2D eigenvalue weighted by Gasteiger charge is 2.20. The normalized spacial score (nSPS) is 17.5. The van der Waals surface area contributed by atoms with Crippen LogP contribution < -0.4 is 16.4 Å². The van der Waals surface area contributed by atoms with Crippen molar-refractivity contribution in [1.82, 2.24) is 15.5 Å². The van der Waals surface area contributed by atoms with Crippen LogP contribution in [0.25, 0.3) is 0 Å². The fourth-order valence-corrected chi connectivity index (χ4v) is 2.64. The van der Waals surface area contributed by atoms with E-state index in [-0.39, 0.29) is 0 Å². The van der Waals surface area contributed by atoms with Crippen LogP contribution in [0, 0.1) is 5.41 Å². The van der Waals surface area contributed by atoms with Crippen LogP contribution in [0.3, 0.4) is 0 Å². The summed E-state index contributed by atoms with van der Waals surface area (Å²) in [5.74, 6) is 1.63. The zero-order valence-electron chi connectivity index (χ0n) is 15.0. The highest BCUT2D eigenvalue weighted by atomic mass is 15.2. The highest BCUT2D eigenvalue weighted by molar-refractivity contribution is 5.94. The molecule has 0 aliphatic carbocycles. The van der Waals surface area contributed by atoms with Crippen LogP contribution in [0.2, 0.25) is 0 Å². The minimum Gasteiger partial charge on any atom is -0.402 e. The van der Waals surface area contributed by atoms with Crippen molar-refractivity contribution in [3.8, 4) is 0 Å². The second-order valence-electron chi connectivity index (χ2n) is 6.08. The van der Waals surface area contributed by atoms with Gasteiger partial charge in [-0.2, -0.15) is 0 Å². The zero-order chi connectivity index (χ0) is 18.1. The molecule has 1 aliphatic rings. The molecule has 1 aliphatic heterocycles. The number of nitrogens with zero attached hydrogens (tertiary/aromatic N) is 2. The average molecular weight is 330 g/mol. The number of hydrogen-bond donors (Lipinski definition) is 4. The molecule has 5 N–H and O–H groups in total. The Hall–Kier alpha value is -2.50. The van der Waals surface area contributed by atoms with E-state index in [9.17, 15) is 0 Å². The maximum Gasteiger partial charge on any atom is 0.130 e. The SMILES string of the molecule is C=CN=C(/C=C(/C)N)N1CCC(NC(=C)NC(C)=CC(C)=N)CC1. The molecule has 1 heterocycles. The summed E-state index contributed by atoms with van der Waals surface area (Å²) >= 11 is 0. The van der Waals surface area contributed by atoms with Gasteiger partial charge in [0.2, 0.25) is 0 Å². The van der Waals surface area contributed by atoms with Gasteiger partial charge in [-0.25, -0.2) is 4.99 Å². The van der Waals surface area contributed by atoms with E-state index >= 15 is 0 Å². The second-order valence-corrected chi connectivity index (χ2v) is 6.08. The Balaban J connectivity index is 2.52. The molecule has 0 radical (unpaired) electrons. The van der Waals surface area contributed by atoms with Crippen molar-refractivity contribution in [3.05, 3.63) is 48.7 Å². The van der Waals surface area contributed by atoms with Crippen molar-refractivity contribution >= 4 is 11.5 Å². The number of likely N-dealkylation sites (tertiary alicyclic amines) is 1. The van der Waals surface area contributed by atoms with Crippen molar-refractivity contribution in [2.45, 2.75) is 39.7 Å². The first-order chi connectivity index (χ1) is 11.3. The third-order valence-electron chi connectivity index (χ3n) is 3.56. The molecule has 1 fully saturated rings. The summed E-state index contributed by atoms with van der Waals surface area (Å²) in [6, 6.07) is 0.364. The first-order valence-electron chi connectivity index (χ1n) is 8.15. The molecule has 6 heteroatoms. The van der Waals surface area contributed by atoms with Gasteiger partial charge in [-0.1, -0.05) is 13.2 Å². The fraction of sp³-hybridized carbons (Fsp3) is 0.444. The van der Waals surface area contributed by atoms with Gasteiger partial charge in [0.15, 0.2) is 0 Å². The van der Waals surface area contributed by atoms with E-state index in [1.54, 1.807) is 19.2 Å². The maximum absolute atomic E-state index is 7.46. The molecule has 0 saturated carbocycles. The van der Waals surface area contributed by atoms with Crippen LogP contribution in [0.5, 0.6) is 0 Å². The number of allylic oxidation sites excluding steroid dienone is 3. The standard InChI is InChI=1S/C18H30N6/c1-6-21-18(12-14(3)20)24-9-7-17(8-10-24)23-16(5)22-15(4)11-13(2)19/h6,11-12,17,19,22-23H,1,5,7-10,20H2,2-4H3/b14-12-,15-11?,19-13?,21-18?. The van der Waals surface area contributed by atoms with Crippen molar-refractivity contribution in [2.24, 2.45) is 10.7 Å². The Morgan fingerprint density at radius 1 is 1.25 bits per heavy atom. The molecule has 0 bridgehead atoms. The number of rotatable bonds is 7. The molecule has 0 aromatic carbocycles. The first kappa shape index (κ1) is 19.5. The average Bonchev–Trinajstić information content (AvgIpc) is 2.46. The quantitative estimate of drug-likeness (QED) is 0.426. The van der Waals surface area contributed by atoms with Gasteiger partial charge < -0.3 is 26.7 Å². The van der Waals surface area contributed by atoms with Gasteiger partial charge in [0.1, 0.15) is 5.84 Å². The van der Waals surface area contributed by atoms with Crippen LogP contribution in [0.1, 0.15) is 33.6 Å². The van der Waals surface area contributed by atoms with Gasteiger partial charge in [0, 0.05) is 42.4 Å². The number of nitrogens with two attached hydrogens (primary N) is 1. The lowest BCUT2D eigenvalue weighted by molar-refractivity contribution is 0.292. The van der Waals surface area contributed by atoms with E-state index in [2.05, 4.69) is 33.7 Å². The van der Waals surface area contributed by atoms with Crippen LogP contribution in [0.4, 0.5) is 0 Å². The Morgan fingerprint density at radius 2 is 1.88 bits per heavy atom. The van der Waals surface area contributed by atoms with E-state index in [1.807, 2.05) is 19.9 Å². The summed E-state index contributed by atoms with van der Waals surface area (Å²) < 4.78 is 0. The van der Waals surface area contributed by atoms with Gasteiger partial charge in [-0.15, -0.1) is 0 Å². The lowest BCUT2D eigenvalue weighted by atomic mass is 10.0. The van der Waals surface area contributed by atoms with E-state index in [0.717, 1.165) is 49.0 Å². The third kappa shape index (κ3) is 7.17. The molecular formula is C18H30N6. The predicted octanol–water partition coefficient (Wildman–Crippen LogP) is 2.45. The van der Waals surface area contributed by atoms with Crippen molar-refractivity contribution in [3.63, 3.8) is 0 Å². The van der Waals surface area contributed by atoms with Gasteiger partial charge in [0.05, 0.1) is 5.82 Å². The molecule has 0 aromatic rings. The number of hydrogen-bond acceptors (Lipinski definition) is 5. The maximum atomic E-state index is 7.46. The van der Waals surface area contributed by atoms with Crippen molar-refractivity contribution in [2.75, 3.05) is 13.1 Å². The molecule has 6 nitrogen and oxygen atoms in total. The van der Waals surface area contributed by atoms with E-state index in [4.69, 9.17) is 11.1 Å².